The topological polar surface area (TPSA) is 82.3 Å². The third-order valence-electron chi connectivity index (χ3n) is 3.30. The molecule has 0 unspecified atom stereocenters. The molecule has 0 aliphatic carbocycles. The maximum Gasteiger partial charge on any atom is 0.330 e. The molecule has 0 aliphatic rings. The van der Waals surface area contributed by atoms with Crippen molar-refractivity contribution < 1.29 is 9.53 Å². The zero-order chi connectivity index (χ0) is 17.5. The Morgan fingerprint density at radius 3 is 2.62 bits per heavy atom. The number of carbonyl (C=O) groups excluding carboxylic acids is 1. The van der Waals surface area contributed by atoms with Gasteiger partial charge in [-0.1, -0.05) is 18.2 Å². The predicted octanol–water partition coefficient (Wildman–Crippen LogP) is 0.292. The van der Waals surface area contributed by atoms with Crippen LogP contribution < -0.4 is 21.3 Å². The number of aromatic nitrogens is 2. The number of nitrogens with one attached hydrogen (secondary N) is 1. The van der Waals surface area contributed by atoms with Crippen LogP contribution in [0, 0.1) is 0 Å². The number of hydrogen-bond acceptors (Lipinski definition) is 4. The molecule has 126 valence electrons. The molecule has 0 radical (unpaired) electrons. The number of rotatable bonds is 6. The number of amides is 1. The van der Waals surface area contributed by atoms with Crippen LogP contribution in [0.4, 0.5) is 0 Å². The molecule has 0 spiro atoms. The molecule has 0 saturated heterocycles. The van der Waals surface area contributed by atoms with Gasteiger partial charge in [0, 0.05) is 26.4 Å². The molecule has 1 aromatic heterocycles. The van der Waals surface area contributed by atoms with E-state index in [9.17, 15) is 14.4 Å². The number of hydrogen-bond donors (Lipinski definition) is 1. The maximum atomic E-state index is 11.9. The van der Waals surface area contributed by atoms with Gasteiger partial charge in [-0.2, -0.15) is 0 Å². The molecular formula is C17H19N3O4. The Balaban J connectivity index is 1.87. The van der Waals surface area contributed by atoms with Gasteiger partial charge in [0.25, 0.3) is 5.56 Å². The first-order valence-corrected chi connectivity index (χ1v) is 7.39. The smallest absolute Gasteiger partial charge is 0.330 e. The summed E-state index contributed by atoms with van der Waals surface area (Å²) >= 11 is 0. The van der Waals surface area contributed by atoms with Gasteiger partial charge in [-0.15, -0.1) is 0 Å². The molecule has 1 aromatic carbocycles. The van der Waals surface area contributed by atoms with Crippen molar-refractivity contribution >= 4 is 12.0 Å². The average Bonchev–Trinajstić information content (AvgIpc) is 2.59. The summed E-state index contributed by atoms with van der Waals surface area (Å²) < 4.78 is 7.73. The molecule has 0 saturated carbocycles. The number of carbonyl (C=O) groups is 1. The van der Waals surface area contributed by atoms with E-state index in [1.165, 1.54) is 30.0 Å². The Bertz CT molecular complexity index is 850. The summed E-state index contributed by atoms with van der Waals surface area (Å²) in [5, 5.41) is 2.66. The summed E-state index contributed by atoms with van der Waals surface area (Å²) in [5.74, 6) is 0.388. The van der Waals surface area contributed by atoms with Gasteiger partial charge in [0.05, 0.1) is 12.1 Å². The lowest BCUT2D eigenvalue weighted by molar-refractivity contribution is -0.116. The summed E-state index contributed by atoms with van der Waals surface area (Å²) in [4.78, 5) is 35.2. The van der Waals surface area contributed by atoms with Crippen LogP contribution in [0.15, 0.2) is 52.2 Å². The first-order chi connectivity index (χ1) is 11.5. The van der Waals surface area contributed by atoms with Crippen molar-refractivity contribution in [2.45, 2.75) is 0 Å². The van der Waals surface area contributed by atoms with Crippen LogP contribution in [0.3, 0.4) is 0 Å². The van der Waals surface area contributed by atoms with Crippen LogP contribution in [-0.4, -0.2) is 28.2 Å². The number of nitrogens with zero attached hydrogens (tertiary/aromatic N) is 2. The van der Waals surface area contributed by atoms with Crippen LogP contribution >= 0.6 is 0 Å². The number of para-hydroxylation sites is 1. The molecule has 2 aromatic rings. The summed E-state index contributed by atoms with van der Waals surface area (Å²) in [6, 6.07) is 9.28. The van der Waals surface area contributed by atoms with E-state index in [-0.39, 0.29) is 11.5 Å². The van der Waals surface area contributed by atoms with Gasteiger partial charge in [-0.25, -0.2) is 4.79 Å². The van der Waals surface area contributed by atoms with E-state index >= 15 is 0 Å². The first kappa shape index (κ1) is 17.3. The van der Waals surface area contributed by atoms with Gasteiger partial charge in [-0.3, -0.25) is 14.2 Å². The summed E-state index contributed by atoms with van der Waals surface area (Å²) in [5.41, 5.74) is -0.607. The minimum Gasteiger partial charge on any atom is -0.492 e. The molecule has 1 heterocycles. The molecule has 24 heavy (non-hydrogen) atoms. The minimum atomic E-state index is -0.449. The average molecular weight is 329 g/mol. The molecule has 2 rings (SSSR count). The molecular weight excluding hydrogens is 310 g/mol. The Kier molecular flexibility index (Phi) is 5.73. The Labute approximate surface area is 138 Å². The first-order valence-electron chi connectivity index (χ1n) is 7.39. The maximum absolute atomic E-state index is 11.9. The Hall–Kier alpha value is -3.09. The molecule has 1 N–H and O–H groups in total. The van der Waals surface area contributed by atoms with Crippen molar-refractivity contribution in [1.82, 2.24) is 14.5 Å². The lowest BCUT2D eigenvalue weighted by atomic mass is 10.3. The summed E-state index contributed by atoms with van der Waals surface area (Å²) in [7, 11) is 2.93. The van der Waals surface area contributed by atoms with E-state index < -0.39 is 11.2 Å². The molecule has 0 aliphatic heterocycles. The van der Waals surface area contributed by atoms with E-state index in [0.29, 0.717) is 13.2 Å². The second kappa shape index (κ2) is 7.96. The van der Waals surface area contributed by atoms with Crippen LogP contribution in [0.2, 0.25) is 0 Å². The van der Waals surface area contributed by atoms with Crippen molar-refractivity contribution in [3.8, 4) is 5.75 Å². The molecule has 0 fully saturated rings. The Morgan fingerprint density at radius 2 is 1.92 bits per heavy atom. The third-order valence-corrected chi connectivity index (χ3v) is 3.30. The van der Waals surface area contributed by atoms with Gasteiger partial charge >= 0.3 is 5.69 Å². The van der Waals surface area contributed by atoms with Crippen LogP contribution in [0.5, 0.6) is 5.75 Å². The van der Waals surface area contributed by atoms with Gasteiger partial charge < -0.3 is 14.6 Å². The van der Waals surface area contributed by atoms with Crippen LogP contribution in [0.25, 0.3) is 6.08 Å². The highest BCUT2D eigenvalue weighted by atomic mass is 16.5. The predicted molar refractivity (Wildman–Crippen MR) is 90.9 cm³/mol. The normalized spacial score (nSPS) is 10.8. The van der Waals surface area contributed by atoms with Crippen molar-refractivity contribution in [3.05, 3.63) is 69.0 Å². The fraction of sp³-hybridized carbons (Fsp3) is 0.235. The molecule has 0 bridgehead atoms. The standard InChI is InChI=1S/C17H19N3O4/c1-19-12-13(16(22)20(2)17(19)23)8-9-15(21)18-10-11-24-14-6-4-3-5-7-14/h3-9,12H,10-11H2,1-2H3,(H,18,21)/b9-8+. The zero-order valence-electron chi connectivity index (χ0n) is 13.6. The van der Waals surface area contributed by atoms with E-state index in [1.807, 2.05) is 30.3 Å². The van der Waals surface area contributed by atoms with Gasteiger partial charge in [0.2, 0.25) is 5.91 Å². The second-order valence-electron chi connectivity index (χ2n) is 5.13. The van der Waals surface area contributed by atoms with Crippen LogP contribution in [0.1, 0.15) is 5.56 Å². The quantitative estimate of drug-likeness (QED) is 0.610. The van der Waals surface area contributed by atoms with Gasteiger partial charge in [0.1, 0.15) is 12.4 Å². The fourth-order valence-corrected chi connectivity index (χ4v) is 2.03. The van der Waals surface area contributed by atoms with Crippen molar-refractivity contribution in [3.63, 3.8) is 0 Å². The summed E-state index contributed by atoms with van der Waals surface area (Å²) in [6.45, 7) is 0.675. The van der Waals surface area contributed by atoms with Gasteiger partial charge in [-0.05, 0) is 18.2 Å². The molecule has 1 amide bonds. The minimum absolute atomic E-state index is 0.260. The SMILES string of the molecule is Cn1cc(/C=C/C(=O)NCCOc2ccccc2)c(=O)n(C)c1=O. The lowest BCUT2D eigenvalue weighted by Crippen LogP contribution is -2.37. The molecule has 7 heteroatoms. The van der Waals surface area contributed by atoms with E-state index in [1.54, 1.807) is 7.05 Å². The fourth-order valence-electron chi connectivity index (χ4n) is 2.03. The van der Waals surface area contributed by atoms with Crippen LogP contribution in [-0.2, 0) is 18.9 Å². The largest absolute Gasteiger partial charge is 0.492 e. The number of aryl methyl sites for hydroxylation is 1. The van der Waals surface area contributed by atoms with Crippen molar-refractivity contribution in [1.29, 1.82) is 0 Å². The molecule has 0 atom stereocenters. The number of ether oxygens (including phenoxy) is 1. The summed E-state index contributed by atoms with van der Waals surface area (Å²) in [6.07, 6.45) is 4.03. The highest BCUT2D eigenvalue weighted by Gasteiger charge is 2.04. The third kappa shape index (κ3) is 4.45. The second-order valence-corrected chi connectivity index (χ2v) is 5.13. The van der Waals surface area contributed by atoms with E-state index in [0.717, 1.165) is 10.3 Å². The van der Waals surface area contributed by atoms with Crippen molar-refractivity contribution in [2.75, 3.05) is 13.2 Å². The van der Waals surface area contributed by atoms with Gasteiger partial charge in [0.15, 0.2) is 0 Å². The van der Waals surface area contributed by atoms with E-state index in [4.69, 9.17) is 4.74 Å². The Morgan fingerprint density at radius 1 is 1.21 bits per heavy atom. The van der Waals surface area contributed by atoms with Crippen molar-refractivity contribution in [2.24, 2.45) is 14.1 Å². The monoisotopic (exact) mass is 329 g/mol. The highest BCUT2D eigenvalue weighted by molar-refractivity contribution is 5.91. The zero-order valence-corrected chi connectivity index (χ0v) is 13.6. The highest BCUT2D eigenvalue weighted by Crippen LogP contribution is 2.07. The lowest BCUT2D eigenvalue weighted by Gasteiger charge is -2.06. The number of benzene rings is 1. The van der Waals surface area contributed by atoms with E-state index in [2.05, 4.69) is 5.32 Å². The molecule has 7 nitrogen and oxygen atoms in total.